The third kappa shape index (κ3) is 6.58. The van der Waals surface area contributed by atoms with E-state index >= 15 is 0 Å². The number of halogens is 1. The Morgan fingerprint density at radius 3 is 2.45 bits per heavy atom. The number of ether oxygens (including phenoxy) is 1. The van der Waals surface area contributed by atoms with Crippen molar-refractivity contribution in [2.24, 2.45) is 0 Å². The summed E-state index contributed by atoms with van der Waals surface area (Å²) in [6.07, 6.45) is 2.20. The quantitative estimate of drug-likeness (QED) is 0.351. The number of nitrogens with one attached hydrogen (secondary N) is 1. The molecule has 9 nitrogen and oxygen atoms in total. The van der Waals surface area contributed by atoms with Crippen molar-refractivity contribution in [3.63, 3.8) is 0 Å². The summed E-state index contributed by atoms with van der Waals surface area (Å²) in [5.41, 5.74) is 2.72. The van der Waals surface area contributed by atoms with Gasteiger partial charge in [-0.3, -0.25) is 9.80 Å². The molecule has 1 atom stereocenters. The molecule has 40 heavy (non-hydrogen) atoms. The first-order chi connectivity index (χ1) is 19.1. The predicted octanol–water partition coefficient (Wildman–Crippen LogP) is 4.11. The van der Waals surface area contributed by atoms with Gasteiger partial charge < -0.3 is 10.1 Å². The van der Waals surface area contributed by atoms with Crippen molar-refractivity contribution in [1.82, 2.24) is 19.4 Å². The maximum Gasteiger partial charge on any atom is 0.338 e. The Bertz CT molecular complexity index is 1380. The van der Waals surface area contributed by atoms with E-state index in [0.29, 0.717) is 42.3 Å². The van der Waals surface area contributed by atoms with E-state index in [1.807, 2.05) is 31.2 Å². The van der Waals surface area contributed by atoms with Crippen LogP contribution in [-0.4, -0.2) is 80.4 Å². The fourth-order valence-corrected chi connectivity index (χ4v) is 6.56. The zero-order valence-corrected chi connectivity index (χ0v) is 24.4. The number of aryl methyl sites for hydroxylation is 1. The third-order valence-electron chi connectivity index (χ3n) is 7.03. The third-order valence-corrected chi connectivity index (χ3v) is 9.19. The predicted molar refractivity (Wildman–Crippen MR) is 154 cm³/mol. The molecule has 0 spiro atoms. The van der Waals surface area contributed by atoms with Crippen molar-refractivity contribution in [3.8, 4) is 0 Å². The number of benzene rings is 2. The number of hydrogen-bond acceptors (Lipinski definition) is 6. The van der Waals surface area contributed by atoms with Gasteiger partial charge in [-0.2, -0.15) is 4.31 Å². The summed E-state index contributed by atoms with van der Waals surface area (Å²) in [6, 6.07) is 12.8. The largest absolute Gasteiger partial charge is 0.463 e. The summed E-state index contributed by atoms with van der Waals surface area (Å²) in [4.78, 5) is 30.5. The SMILES string of the molecule is C=CCN1C(=O)N[C@H](c2ccc(C)cc2)C(C(=O)OCC)=C1CN1CCCN(S(=O)(=O)c2ccc(Cl)cc2)CC1. The lowest BCUT2D eigenvalue weighted by atomic mass is 9.93. The molecule has 1 saturated heterocycles. The maximum absolute atomic E-state index is 13.4. The zero-order chi connectivity index (χ0) is 28.9. The van der Waals surface area contributed by atoms with E-state index in [4.69, 9.17) is 16.3 Å². The number of urea groups is 1. The number of sulfonamides is 1. The van der Waals surface area contributed by atoms with Crippen molar-refractivity contribution < 1.29 is 22.7 Å². The first-order valence-electron chi connectivity index (χ1n) is 13.3. The molecule has 0 radical (unpaired) electrons. The van der Waals surface area contributed by atoms with Gasteiger partial charge in [0.25, 0.3) is 0 Å². The van der Waals surface area contributed by atoms with E-state index in [9.17, 15) is 18.0 Å². The molecule has 0 saturated carbocycles. The molecule has 11 heteroatoms. The molecule has 0 unspecified atom stereocenters. The van der Waals surface area contributed by atoms with Gasteiger partial charge in [-0.25, -0.2) is 18.0 Å². The van der Waals surface area contributed by atoms with Crippen molar-refractivity contribution in [3.05, 3.63) is 88.6 Å². The lowest BCUT2D eigenvalue weighted by Crippen LogP contribution is -2.51. The van der Waals surface area contributed by atoms with Crippen LogP contribution in [0.2, 0.25) is 5.02 Å². The molecule has 2 aromatic rings. The van der Waals surface area contributed by atoms with Crippen molar-refractivity contribution in [2.45, 2.75) is 31.2 Å². The van der Waals surface area contributed by atoms with E-state index in [1.54, 1.807) is 25.1 Å². The fourth-order valence-electron chi connectivity index (χ4n) is 4.97. The van der Waals surface area contributed by atoms with Crippen LogP contribution in [0.5, 0.6) is 0 Å². The van der Waals surface area contributed by atoms with Crippen LogP contribution in [-0.2, 0) is 19.6 Å². The van der Waals surface area contributed by atoms with Gasteiger partial charge in [0.05, 0.1) is 23.1 Å². The van der Waals surface area contributed by atoms with Crippen LogP contribution in [0, 0.1) is 6.92 Å². The second-order valence-electron chi connectivity index (χ2n) is 9.76. The standard InChI is InChI=1S/C29H35ClN4O5S/c1-4-15-34-25(26(28(35)39-5-2)27(31-29(34)36)22-9-7-21(3)8-10-22)20-32-16-6-17-33(19-18-32)40(37,38)24-13-11-23(30)12-14-24/h4,7-14,27H,1,5-6,15-20H2,2-3H3,(H,31,36)/t27-/m1/s1. The van der Waals surface area contributed by atoms with Crippen LogP contribution in [0.3, 0.4) is 0 Å². The molecule has 2 amide bonds. The number of carbonyl (C=O) groups excluding carboxylic acids is 2. The Kier molecular flexibility index (Phi) is 9.68. The molecule has 0 aromatic heterocycles. The highest BCUT2D eigenvalue weighted by Gasteiger charge is 2.39. The van der Waals surface area contributed by atoms with E-state index < -0.39 is 22.0 Å². The summed E-state index contributed by atoms with van der Waals surface area (Å²) < 4.78 is 33.5. The molecule has 2 aromatic carbocycles. The number of amides is 2. The van der Waals surface area contributed by atoms with Gasteiger partial charge in [-0.15, -0.1) is 6.58 Å². The minimum Gasteiger partial charge on any atom is -0.463 e. The molecule has 0 bridgehead atoms. The first kappa shape index (κ1) is 29.8. The minimum atomic E-state index is -3.69. The molecular weight excluding hydrogens is 552 g/mol. The zero-order valence-electron chi connectivity index (χ0n) is 22.8. The Labute approximate surface area is 241 Å². The van der Waals surface area contributed by atoms with Gasteiger partial charge >= 0.3 is 12.0 Å². The highest BCUT2D eigenvalue weighted by molar-refractivity contribution is 7.89. The van der Waals surface area contributed by atoms with E-state index in [0.717, 1.165) is 11.1 Å². The smallest absolute Gasteiger partial charge is 0.338 e. The Balaban J connectivity index is 1.66. The van der Waals surface area contributed by atoms with E-state index in [-0.39, 0.29) is 37.2 Å². The second kappa shape index (κ2) is 13.0. The average molecular weight is 587 g/mol. The molecule has 2 heterocycles. The normalized spacial score (nSPS) is 19.2. The Morgan fingerprint density at radius 1 is 1.10 bits per heavy atom. The van der Waals surface area contributed by atoms with Crippen LogP contribution in [0.1, 0.15) is 30.5 Å². The molecule has 2 aliphatic heterocycles. The molecule has 1 N–H and O–H groups in total. The number of nitrogens with zero attached hydrogens (tertiary/aromatic N) is 3. The van der Waals surface area contributed by atoms with Crippen LogP contribution < -0.4 is 5.32 Å². The fraction of sp³-hybridized carbons (Fsp3) is 0.379. The summed E-state index contributed by atoms with van der Waals surface area (Å²) in [7, 11) is -3.69. The number of carbonyl (C=O) groups is 2. The molecule has 1 fully saturated rings. The topological polar surface area (TPSA) is 99.3 Å². The number of rotatable bonds is 9. The van der Waals surface area contributed by atoms with Gasteiger partial charge in [0.1, 0.15) is 0 Å². The Hall–Kier alpha value is -3.18. The van der Waals surface area contributed by atoms with Crippen LogP contribution in [0.4, 0.5) is 4.79 Å². The number of esters is 1. The van der Waals surface area contributed by atoms with Crippen LogP contribution in [0.15, 0.2) is 77.4 Å². The number of hydrogen-bond donors (Lipinski definition) is 1. The van der Waals surface area contributed by atoms with Crippen molar-refractivity contribution >= 4 is 33.6 Å². The molecule has 2 aliphatic rings. The van der Waals surface area contributed by atoms with E-state index in [1.165, 1.54) is 21.3 Å². The van der Waals surface area contributed by atoms with Gasteiger partial charge in [-0.05, 0) is 56.6 Å². The Morgan fingerprint density at radius 2 is 1.80 bits per heavy atom. The van der Waals surface area contributed by atoms with Crippen molar-refractivity contribution in [1.29, 1.82) is 0 Å². The molecular formula is C29H35ClN4O5S. The van der Waals surface area contributed by atoms with E-state index in [2.05, 4.69) is 16.8 Å². The van der Waals surface area contributed by atoms with Crippen LogP contribution in [0.25, 0.3) is 0 Å². The van der Waals surface area contributed by atoms with Crippen LogP contribution >= 0.6 is 11.6 Å². The first-order valence-corrected chi connectivity index (χ1v) is 15.1. The van der Waals surface area contributed by atoms with Gasteiger partial charge in [0, 0.05) is 43.4 Å². The monoisotopic (exact) mass is 586 g/mol. The molecule has 0 aliphatic carbocycles. The summed E-state index contributed by atoms with van der Waals surface area (Å²) >= 11 is 5.95. The van der Waals surface area contributed by atoms with Gasteiger partial charge in [-0.1, -0.05) is 47.5 Å². The molecule has 214 valence electrons. The summed E-state index contributed by atoms with van der Waals surface area (Å²) in [6.45, 7) is 9.80. The molecule has 4 rings (SSSR count). The highest BCUT2D eigenvalue weighted by atomic mass is 35.5. The van der Waals surface area contributed by atoms with Crippen molar-refractivity contribution in [2.75, 3.05) is 45.9 Å². The minimum absolute atomic E-state index is 0.187. The summed E-state index contributed by atoms with van der Waals surface area (Å²) in [5, 5.41) is 3.44. The van der Waals surface area contributed by atoms with Gasteiger partial charge in [0.2, 0.25) is 10.0 Å². The van der Waals surface area contributed by atoms with Gasteiger partial charge in [0.15, 0.2) is 0 Å². The lowest BCUT2D eigenvalue weighted by Gasteiger charge is -2.38. The lowest BCUT2D eigenvalue weighted by molar-refractivity contribution is -0.139. The highest BCUT2D eigenvalue weighted by Crippen LogP contribution is 2.32. The maximum atomic E-state index is 13.4. The second-order valence-corrected chi connectivity index (χ2v) is 12.1. The summed E-state index contributed by atoms with van der Waals surface area (Å²) in [5.74, 6) is -0.501. The average Bonchev–Trinajstić information content (AvgIpc) is 3.17.